The Morgan fingerprint density at radius 3 is 2.63 bits per heavy atom. The second kappa shape index (κ2) is 10.4. The zero-order valence-corrected chi connectivity index (χ0v) is 24.5. The molecule has 0 aliphatic rings. The molecule has 2 heterocycles. The number of halogens is 2. The molecule has 0 aliphatic carbocycles. The van der Waals surface area contributed by atoms with E-state index >= 15 is 0 Å². The molecule has 3 aromatic carbocycles. The number of nitrogens with zero attached hydrogens (tertiary/aromatic N) is 3. The molecule has 5 rings (SSSR count). The van der Waals surface area contributed by atoms with Gasteiger partial charge in [0.1, 0.15) is 5.58 Å². The number of hydrogen-bond acceptors (Lipinski definition) is 6. The fourth-order valence-corrected chi connectivity index (χ4v) is 4.84. The Bertz CT molecular complexity index is 1750. The van der Waals surface area contributed by atoms with Crippen molar-refractivity contribution in [2.75, 3.05) is 13.7 Å². The van der Waals surface area contributed by atoms with Crippen LogP contribution in [0.3, 0.4) is 0 Å². The SMILES string of the molecule is COc1cc(C=Nn2c(-c3cc4cc(Br)ccc4o3)nc3ccccc3c2=O)cc(Br)c1OCC(C)(C)C. The van der Waals surface area contributed by atoms with Gasteiger partial charge in [0.25, 0.3) is 5.56 Å². The number of benzene rings is 3. The van der Waals surface area contributed by atoms with Crippen LogP contribution in [0.15, 0.2) is 83.9 Å². The van der Waals surface area contributed by atoms with Crippen molar-refractivity contribution in [1.29, 1.82) is 0 Å². The molecule has 194 valence electrons. The van der Waals surface area contributed by atoms with E-state index in [1.54, 1.807) is 31.5 Å². The molecule has 38 heavy (non-hydrogen) atoms. The molecule has 9 heteroatoms. The maximum Gasteiger partial charge on any atom is 0.282 e. The largest absolute Gasteiger partial charge is 0.493 e. The van der Waals surface area contributed by atoms with E-state index in [9.17, 15) is 4.79 Å². The van der Waals surface area contributed by atoms with Gasteiger partial charge in [0.05, 0.1) is 35.3 Å². The minimum atomic E-state index is -0.306. The molecule has 0 aliphatic heterocycles. The maximum absolute atomic E-state index is 13.5. The summed E-state index contributed by atoms with van der Waals surface area (Å²) in [6, 6.07) is 18.4. The van der Waals surface area contributed by atoms with E-state index in [4.69, 9.17) is 18.9 Å². The van der Waals surface area contributed by atoms with Crippen molar-refractivity contribution in [3.8, 4) is 23.1 Å². The lowest BCUT2D eigenvalue weighted by Crippen LogP contribution is -2.20. The van der Waals surface area contributed by atoms with Crippen LogP contribution in [0.4, 0.5) is 0 Å². The zero-order valence-electron chi connectivity index (χ0n) is 21.3. The fraction of sp³-hybridized carbons (Fsp3) is 0.207. The van der Waals surface area contributed by atoms with E-state index < -0.39 is 0 Å². The van der Waals surface area contributed by atoms with Gasteiger partial charge in [-0.15, -0.1) is 0 Å². The Morgan fingerprint density at radius 2 is 1.87 bits per heavy atom. The average Bonchev–Trinajstić information content (AvgIpc) is 3.29. The number of furan rings is 1. The summed E-state index contributed by atoms with van der Waals surface area (Å²) in [6.07, 6.45) is 1.58. The van der Waals surface area contributed by atoms with Crippen LogP contribution in [-0.4, -0.2) is 29.6 Å². The third-order valence-electron chi connectivity index (χ3n) is 5.68. The van der Waals surface area contributed by atoms with Gasteiger partial charge in [-0.3, -0.25) is 4.79 Å². The van der Waals surface area contributed by atoms with Gasteiger partial charge >= 0.3 is 0 Å². The summed E-state index contributed by atoms with van der Waals surface area (Å²) in [5.41, 5.74) is 1.62. The first-order chi connectivity index (χ1) is 18.1. The topological polar surface area (TPSA) is 78.9 Å². The van der Waals surface area contributed by atoms with E-state index in [1.165, 1.54) is 4.68 Å². The van der Waals surface area contributed by atoms with Gasteiger partial charge in [-0.2, -0.15) is 9.78 Å². The Hall–Kier alpha value is -3.43. The molecule has 0 saturated heterocycles. The van der Waals surface area contributed by atoms with Crippen LogP contribution in [0.5, 0.6) is 11.5 Å². The molecular formula is C29H25Br2N3O4. The highest BCUT2D eigenvalue weighted by atomic mass is 79.9. The standard InChI is InChI=1S/C29H25Br2N3O4/c1-29(2,3)16-37-26-21(31)11-17(12-24(26)36-4)15-32-34-27(33-22-8-6-5-7-20(22)28(34)35)25-14-18-13-19(30)9-10-23(18)38-25/h5-15H,16H2,1-4H3. The van der Waals surface area contributed by atoms with Crippen molar-refractivity contribution in [2.45, 2.75) is 20.8 Å². The van der Waals surface area contributed by atoms with E-state index in [0.717, 1.165) is 14.3 Å². The molecule has 0 radical (unpaired) electrons. The Labute approximate surface area is 236 Å². The third-order valence-corrected chi connectivity index (χ3v) is 6.76. The van der Waals surface area contributed by atoms with Crippen molar-refractivity contribution in [2.24, 2.45) is 10.5 Å². The molecule has 0 fully saturated rings. The molecule has 7 nitrogen and oxygen atoms in total. The van der Waals surface area contributed by atoms with E-state index in [1.807, 2.05) is 42.5 Å². The molecule has 0 N–H and O–H groups in total. The number of para-hydroxylation sites is 1. The quantitative estimate of drug-likeness (QED) is 0.179. The van der Waals surface area contributed by atoms with Crippen LogP contribution in [0.1, 0.15) is 26.3 Å². The van der Waals surface area contributed by atoms with Gasteiger partial charge in [0.2, 0.25) is 5.82 Å². The van der Waals surface area contributed by atoms with Gasteiger partial charge in [0.15, 0.2) is 17.3 Å². The molecule has 0 amide bonds. The molecule has 5 aromatic rings. The maximum atomic E-state index is 13.5. The summed E-state index contributed by atoms with van der Waals surface area (Å²) in [7, 11) is 1.59. The zero-order chi connectivity index (χ0) is 27.0. The molecule has 0 saturated carbocycles. The lowest BCUT2D eigenvalue weighted by atomic mass is 9.99. The second-order valence-corrected chi connectivity index (χ2v) is 11.8. The van der Waals surface area contributed by atoms with Gasteiger partial charge in [0, 0.05) is 9.86 Å². The van der Waals surface area contributed by atoms with Gasteiger partial charge in [-0.25, -0.2) is 4.98 Å². The van der Waals surface area contributed by atoms with Crippen LogP contribution in [0.2, 0.25) is 0 Å². The summed E-state index contributed by atoms with van der Waals surface area (Å²) < 4.78 is 20.6. The van der Waals surface area contributed by atoms with Gasteiger partial charge in [-0.05, 0) is 75.4 Å². The first-order valence-corrected chi connectivity index (χ1v) is 13.5. The predicted octanol–water partition coefficient (Wildman–Crippen LogP) is 7.65. The van der Waals surface area contributed by atoms with Crippen molar-refractivity contribution >= 4 is 59.9 Å². The first-order valence-electron chi connectivity index (χ1n) is 11.9. The molecular weight excluding hydrogens is 614 g/mol. The van der Waals surface area contributed by atoms with Gasteiger partial charge in [-0.1, -0.05) is 48.8 Å². The molecule has 0 bridgehead atoms. The van der Waals surface area contributed by atoms with Crippen molar-refractivity contribution in [1.82, 2.24) is 9.66 Å². The number of fused-ring (bicyclic) bond motifs is 2. The normalized spacial score (nSPS) is 12.1. The van der Waals surface area contributed by atoms with Crippen molar-refractivity contribution < 1.29 is 13.9 Å². The van der Waals surface area contributed by atoms with E-state index in [0.29, 0.717) is 51.7 Å². The average molecular weight is 639 g/mol. The monoisotopic (exact) mass is 637 g/mol. The van der Waals surface area contributed by atoms with Crippen LogP contribution >= 0.6 is 31.9 Å². The number of aromatic nitrogens is 2. The lowest BCUT2D eigenvalue weighted by Gasteiger charge is -2.21. The van der Waals surface area contributed by atoms with Crippen LogP contribution in [0, 0.1) is 5.41 Å². The predicted molar refractivity (Wildman–Crippen MR) is 158 cm³/mol. The lowest BCUT2D eigenvalue weighted by molar-refractivity contribution is 0.190. The summed E-state index contributed by atoms with van der Waals surface area (Å²) in [5, 5.41) is 5.89. The van der Waals surface area contributed by atoms with E-state index in [-0.39, 0.29) is 11.0 Å². The minimum Gasteiger partial charge on any atom is -0.493 e. The molecule has 0 atom stereocenters. The molecule has 0 unspecified atom stereocenters. The second-order valence-electron chi connectivity index (χ2n) is 9.99. The summed E-state index contributed by atoms with van der Waals surface area (Å²) >= 11 is 7.08. The van der Waals surface area contributed by atoms with Crippen molar-refractivity contribution in [3.63, 3.8) is 0 Å². The highest BCUT2D eigenvalue weighted by Gasteiger charge is 2.18. The van der Waals surface area contributed by atoms with Crippen molar-refractivity contribution in [3.05, 3.63) is 85.5 Å². The van der Waals surface area contributed by atoms with E-state index in [2.05, 4.69) is 57.7 Å². The Kier molecular flexibility index (Phi) is 7.15. The summed E-state index contributed by atoms with van der Waals surface area (Å²) in [4.78, 5) is 18.3. The summed E-state index contributed by atoms with van der Waals surface area (Å²) in [5.74, 6) is 1.90. The number of ether oxygens (including phenoxy) is 2. The fourth-order valence-electron chi connectivity index (χ4n) is 3.88. The smallest absolute Gasteiger partial charge is 0.282 e. The number of hydrogen-bond donors (Lipinski definition) is 0. The Morgan fingerprint density at radius 1 is 1.08 bits per heavy atom. The minimum absolute atomic E-state index is 0.0159. The molecule has 2 aromatic heterocycles. The van der Waals surface area contributed by atoms with Crippen LogP contribution in [-0.2, 0) is 0 Å². The Balaban J connectivity index is 1.61. The van der Waals surface area contributed by atoms with Crippen LogP contribution in [0.25, 0.3) is 33.5 Å². The van der Waals surface area contributed by atoms with Crippen LogP contribution < -0.4 is 15.0 Å². The number of methoxy groups -OCH3 is 1. The van der Waals surface area contributed by atoms with Gasteiger partial charge < -0.3 is 13.9 Å². The highest BCUT2D eigenvalue weighted by Crippen LogP contribution is 2.37. The number of rotatable bonds is 6. The molecule has 0 spiro atoms. The first kappa shape index (κ1) is 26.2. The summed E-state index contributed by atoms with van der Waals surface area (Å²) in [6.45, 7) is 6.82. The highest BCUT2D eigenvalue weighted by molar-refractivity contribution is 9.10. The third kappa shape index (κ3) is 5.39.